The quantitative estimate of drug-likeness (QED) is 0.572. The van der Waals surface area contributed by atoms with Crippen LogP contribution in [-0.2, 0) is 27.2 Å². The van der Waals surface area contributed by atoms with Gasteiger partial charge in [-0.2, -0.15) is 14.6 Å². The van der Waals surface area contributed by atoms with Crippen LogP contribution in [0, 0.1) is 0 Å². The molecule has 9 nitrogen and oxygen atoms in total. The van der Waals surface area contributed by atoms with Crippen LogP contribution >= 0.6 is 0 Å². The van der Waals surface area contributed by atoms with Crippen LogP contribution < -0.4 is 4.90 Å². The highest BCUT2D eigenvalue weighted by Crippen LogP contribution is 2.30. The van der Waals surface area contributed by atoms with E-state index in [4.69, 9.17) is 0 Å². The van der Waals surface area contributed by atoms with Gasteiger partial charge in [-0.15, -0.1) is 0 Å². The lowest BCUT2D eigenvalue weighted by Crippen LogP contribution is -2.50. The van der Waals surface area contributed by atoms with E-state index >= 15 is 0 Å². The molecule has 26 heavy (non-hydrogen) atoms. The van der Waals surface area contributed by atoms with Crippen molar-refractivity contribution >= 4 is 23.5 Å². The summed E-state index contributed by atoms with van der Waals surface area (Å²) in [5, 5.41) is 4.37. The van der Waals surface area contributed by atoms with Gasteiger partial charge in [0.2, 0.25) is 5.91 Å². The minimum atomic E-state index is -0.495. The van der Waals surface area contributed by atoms with Crippen molar-refractivity contribution in [3.8, 4) is 0 Å². The molecule has 0 atom stereocenters. The molecule has 0 saturated carbocycles. The van der Waals surface area contributed by atoms with E-state index in [2.05, 4.69) is 24.7 Å². The number of ether oxygens (including phenoxy) is 1. The van der Waals surface area contributed by atoms with Crippen molar-refractivity contribution in [2.75, 3.05) is 38.2 Å². The monoisotopic (exact) mass is 358 g/mol. The zero-order valence-corrected chi connectivity index (χ0v) is 14.8. The van der Waals surface area contributed by atoms with Crippen molar-refractivity contribution < 1.29 is 14.3 Å². The van der Waals surface area contributed by atoms with Crippen molar-refractivity contribution in [3.05, 3.63) is 17.6 Å². The number of methoxy groups -OCH3 is 1. The number of aromatic nitrogens is 4. The lowest BCUT2D eigenvalue weighted by atomic mass is 9.96. The first-order valence-electron chi connectivity index (χ1n) is 8.98. The first kappa shape index (κ1) is 16.7. The average molecular weight is 358 g/mol. The van der Waals surface area contributed by atoms with E-state index in [-0.39, 0.29) is 12.3 Å². The molecule has 0 spiro atoms. The van der Waals surface area contributed by atoms with Crippen LogP contribution in [0.5, 0.6) is 0 Å². The molecule has 3 heterocycles. The first-order valence-corrected chi connectivity index (χ1v) is 8.98. The van der Waals surface area contributed by atoms with E-state index < -0.39 is 5.97 Å². The Balaban J connectivity index is 1.55. The highest BCUT2D eigenvalue weighted by Gasteiger charge is 2.28. The summed E-state index contributed by atoms with van der Waals surface area (Å²) < 4.78 is 6.40. The second-order valence-corrected chi connectivity index (χ2v) is 6.66. The van der Waals surface area contributed by atoms with Gasteiger partial charge in [-0.05, 0) is 25.7 Å². The Labute approximate surface area is 151 Å². The molecule has 2 aliphatic rings. The summed E-state index contributed by atoms with van der Waals surface area (Å²) in [6.07, 6.45) is 5.61. The predicted octanol–water partition coefficient (Wildman–Crippen LogP) is 0.215. The smallest absolute Gasteiger partial charge is 0.315 e. The fourth-order valence-corrected chi connectivity index (χ4v) is 3.76. The number of anilines is 1. The lowest BCUT2D eigenvalue weighted by molar-refractivity contribution is -0.146. The third-order valence-corrected chi connectivity index (χ3v) is 5.13. The molecule has 0 radical (unpaired) electrons. The van der Waals surface area contributed by atoms with Gasteiger partial charge >= 0.3 is 5.97 Å². The minimum Gasteiger partial charge on any atom is -0.469 e. The van der Waals surface area contributed by atoms with Crippen molar-refractivity contribution in [3.63, 3.8) is 0 Å². The molecule has 1 aliphatic heterocycles. The molecule has 1 fully saturated rings. The van der Waals surface area contributed by atoms with Crippen LogP contribution in [0.4, 0.5) is 5.82 Å². The fraction of sp³-hybridized carbons (Fsp3) is 0.588. The Kier molecular flexibility index (Phi) is 4.44. The number of hydrogen-bond acceptors (Lipinski definition) is 7. The van der Waals surface area contributed by atoms with E-state index in [0.717, 1.165) is 37.2 Å². The zero-order valence-electron chi connectivity index (χ0n) is 14.8. The van der Waals surface area contributed by atoms with Crippen molar-refractivity contribution in [1.29, 1.82) is 0 Å². The van der Waals surface area contributed by atoms with E-state index in [0.29, 0.717) is 32.0 Å². The molecular weight excluding hydrogens is 336 g/mol. The zero-order chi connectivity index (χ0) is 18.1. The molecule has 1 aliphatic carbocycles. The third-order valence-electron chi connectivity index (χ3n) is 5.13. The highest BCUT2D eigenvalue weighted by atomic mass is 16.5. The number of carbonyl (C=O) groups is 2. The van der Waals surface area contributed by atoms with Gasteiger partial charge in [0.1, 0.15) is 18.6 Å². The number of piperazine rings is 1. The second kappa shape index (κ2) is 6.89. The Bertz CT molecular complexity index is 840. The highest BCUT2D eigenvalue weighted by molar-refractivity contribution is 5.94. The number of hydrogen-bond donors (Lipinski definition) is 0. The van der Waals surface area contributed by atoms with Crippen LogP contribution in [0.25, 0.3) is 5.78 Å². The van der Waals surface area contributed by atoms with Gasteiger partial charge in [-0.1, -0.05) is 0 Å². The van der Waals surface area contributed by atoms with E-state index in [1.807, 2.05) is 4.52 Å². The molecule has 9 heteroatoms. The van der Waals surface area contributed by atoms with Gasteiger partial charge in [0.15, 0.2) is 0 Å². The number of amides is 1. The third kappa shape index (κ3) is 2.97. The summed E-state index contributed by atoms with van der Waals surface area (Å²) in [5.74, 6) is 1.01. The topological polar surface area (TPSA) is 92.9 Å². The molecule has 1 saturated heterocycles. The van der Waals surface area contributed by atoms with E-state index in [9.17, 15) is 9.59 Å². The second-order valence-electron chi connectivity index (χ2n) is 6.66. The van der Waals surface area contributed by atoms with Gasteiger partial charge in [-0.25, -0.2) is 4.98 Å². The molecule has 138 valence electrons. The molecule has 2 aromatic rings. The largest absolute Gasteiger partial charge is 0.469 e. The van der Waals surface area contributed by atoms with Gasteiger partial charge < -0.3 is 14.5 Å². The number of esters is 1. The summed E-state index contributed by atoms with van der Waals surface area (Å²) in [4.78, 5) is 36.4. The SMILES string of the molecule is COC(=O)CC(=O)N1CCN(c2c3c(nc4ncnn24)CCCC3)CC1. The Morgan fingerprint density at radius 3 is 2.69 bits per heavy atom. The minimum absolute atomic E-state index is 0.181. The molecule has 1 amide bonds. The molecule has 0 aromatic carbocycles. The summed E-state index contributed by atoms with van der Waals surface area (Å²) in [6, 6.07) is 0. The van der Waals surface area contributed by atoms with Crippen molar-refractivity contribution in [1.82, 2.24) is 24.5 Å². The maximum Gasteiger partial charge on any atom is 0.315 e. The summed E-state index contributed by atoms with van der Waals surface area (Å²) in [7, 11) is 1.30. The van der Waals surface area contributed by atoms with Crippen molar-refractivity contribution in [2.24, 2.45) is 0 Å². The van der Waals surface area contributed by atoms with Crippen LogP contribution in [0.15, 0.2) is 6.33 Å². The molecule has 0 bridgehead atoms. The maximum absolute atomic E-state index is 12.2. The predicted molar refractivity (Wildman–Crippen MR) is 92.9 cm³/mol. The van der Waals surface area contributed by atoms with Crippen LogP contribution in [0.3, 0.4) is 0 Å². The molecular formula is C17H22N6O3. The molecule has 4 rings (SSSR count). The van der Waals surface area contributed by atoms with Crippen LogP contribution in [-0.4, -0.2) is 69.6 Å². The maximum atomic E-state index is 12.2. The summed E-state index contributed by atoms with van der Waals surface area (Å²) >= 11 is 0. The Morgan fingerprint density at radius 2 is 1.92 bits per heavy atom. The number of aryl methyl sites for hydroxylation is 1. The number of rotatable bonds is 3. The molecule has 2 aromatic heterocycles. The first-order chi connectivity index (χ1) is 12.7. The summed E-state index contributed by atoms with van der Waals surface area (Å²) in [6.45, 7) is 2.53. The van der Waals surface area contributed by atoms with Gasteiger partial charge in [0.25, 0.3) is 5.78 Å². The molecule has 0 unspecified atom stereocenters. The lowest BCUT2D eigenvalue weighted by Gasteiger charge is -2.37. The van der Waals surface area contributed by atoms with E-state index in [1.165, 1.54) is 19.0 Å². The summed E-state index contributed by atoms with van der Waals surface area (Å²) in [5.41, 5.74) is 2.37. The van der Waals surface area contributed by atoms with Crippen LogP contribution in [0.1, 0.15) is 30.5 Å². The van der Waals surface area contributed by atoms with Gasteiger partial charge in [0, 0.05) is 31.7 Å². The van der Waals surface area contributed by atoms with Crippen molar-refractivity contribution in [2.45, 2.75) is 32.1 Å². The number of nitrogens with zero attached hydrogens (tertiary/aromatic N) is 6. The molecule has 0 N–H and O–H groups in total. The van der Waals surface area contributed by atoms with Gasteiger partial charge in [-0.3, -0.25) is 9.59 Å². The fourth-order valence-electron chi connectivity index (χ4n) is 3.76. The standard InChI is InChI=1S/C17H22N6O3/c1-26-15(25)10-14(24)21-6-8-22(9-7-21)16-12-4-2-3-5-13(12)20-17-18-11-19-23(16)17/h11H,2-10H2,1H3. The average Bonchev–Trinajstić information content (AvgIpc) is 3.14. The Hall–Kier alpha value is -2.71. The van der Waals surface area contributed by atoms with E-state index in [1.54, 1.807) is 4.90 Å². The van der Waals surface area contributed by atoms with Crippen LogP contribution in [0.2, 0.25) is 0 Å². The number of fused-ring (bicyclic) bond motifs is 2. The normalized spacial score (nSPS) is 17.3. The Morgan fingerprint density at radius 1 is 1.15 bits per heavy atom. The van der Waals surface area contributed by atoms with Gasteiger partial charge in [0.05, 0.1) is 12.8 Å². The number of carbonyl (C=O) groups excluding carboxylic acids is 2.